The SMILES string of the molecule is COC(=O)C[C@@]12CC[C@](C)(OC1=O)C2(C)C. The summed E-state index contributed by atoms with van der Waals surface area (Å²) in [7, 11) is 1.35. The van der Waals surface area contributed by atoms with Gasteiger partial charge in [0.15, 0.2) is 0 Å². The van der Waals surface area contributed by atoms with Crippen molar-refractivity contribution in [1.82, 2.24) is 0 Å². The van der Waals surface area contributed by atoms with Crippen LogP contribution in [-0.4, -0.2) is 24.6 Å². The van der Waals surface area contributed by atoms with Gasteiger partial charge in [0.2, 0.25) is 0 Å². The number of fused-ring (bicyclic) bond motifs is 2. The molecule has 0 spiro atoms. The van der Waals surface area contributed by atoms with Crippen molar-refractivity contribution in [2.75, 3.05) is 7.11 Å². The fourth-order valence-electron chi connectivity index (χ4n) is 3.12. The first-order valence-electron chi connectivity index (χ1n) is 5.59. The van der Waals surface area contributed by atoms with Gasteiger partial charge >= 0.3 is 11.9 Å². The van der Waals surface area contributed by atoms with E-state index in [0.717, 1.165) is 6.42 Å². The van der Waals surface area contributed by atoms with Gasteiger partial charge in [-0.2, -0.15) is 0 Å². The van der Waals surface area contributed by atoms with Gasteiger partial charge in [-0.15, -0.1) is 0 Å². The maximum Gasteiger partial charge on any atom is 0.313 e. The zero-order valence-electron chi connectivity index (χ0n) is 10.3. The van der Waals surface area contributed by atoms with Crippen LogP contribution in [-0.2, 0) is 19.1 Å². The van der Waals surface area contributed by atoms with Crippen LogP contribution in [0, 0.1) is 10.8 Å². The Balaban J connectivity index is 2.39. The van der Waals surface area contributed by atoms with Crippen LogP contribution in [0.15, 0.2) is 0 Å². The molecule has 0 aromatic heterocycles. The third kappa shape index (κ3) is 1.05. The van der Waals surface area contributed by atoms with Crippen molar-refractivity contribution in [3.05, 3.63) is 0 Å². The van der Waals surface area contributed by atoms with Crippen LogP contribution in [0.4, 0.5) is 0 Å². The van der Waals surface area contributed by atoms with Gasteiger partial charge in [0.25, 0.3) is 0 Å². The number of esters is 2. The van der Waals surface area contributed by atoms with Gasteiger partial charge in [-0.1, -0.05) is 13.8 Å². The zero-order valence-corrected chi connectivity index (χ0v) is 10.3. The molecule has 1 heterocycles. The Kier molecular flexibility index (Phi) is 2.14. The summed E-state index contributed by atoms with van der Waals surface area (Å²) in [6.07, 6.45) is 1.66. The van der Waals surface area contributed by atoms with E-state index in [1.807, 2.05) is 20.8 Å². The van der Waals surface area contributed by atoms with Crippen molar-refractivity contribution in [2.24, 2.45) is 10.8 Å². The number of methoxy groups -OCH3 is 1. The molecule has 2 fully saturated rings. The van der Waals surface area contributed by atoms with E-state index >= 15 is 0 Å². The Bertz CT molecular complexity index is 360. The lowest BCUT2D eigenvalue weighted by molar-refractivity contribution is -0.163. The number of hydrogen-bond donors (Lipinski definition) is 0. The van der Waals surface area contributed by atoms with Gasteiger partial charge in [-0.05, 0) is 19.8 Å². The summed E-state index contributed by atoms with van der Waals surface area (Å²) in [6, 6.07) is 0. The van der Waals surface area contributed by atoms with Gasteiger partial charge in [0, 0.05) is 5.41 Å². The summed E-state index contributed by atoms with van der Waals surface area (Å²) in [5.41, 5.74) is -1.43. The molecule has 0 radical (unpaired) electrons. The van der Waals surface area contributed by atoms with E-state index in [2.05, 4.69) is 4.74 Å². The van der Waals surface area contributed by atoms with Gasteiger partial charge < -0.3 is 9.47 Å². The van der Waals surface area contributed by atoms with E-state index in [1.54, 1.807) is 0 Å². The fourth-order valence-corrected chi connectivity index (χ4v) is 3.12. The second kappa shape index (κ2) is 2.99. The van der Waals surface area contributed by atoms with E-state index in [9.17, 15) is 9.59 Å². The Morgan fingerprint density at radius 2 is 2.00 bits per heavy atom. The van der Waals surface area contributed by atoms with Crippen LogP contribution in [0.1, 0.15) is 40.0 Å². The molecule has 16 heavy (non-hydrogen) atoms. The average molecular weight is 226 g/mol. The molecular formula is C12H18O4. The summed E-state index contributed by atoms with van der Waals surface area (Å²) in [6.45, 7) is 5.97. The number of carbonyl (C=O) groups excluding carboxylic acids is 2. The number of carbonyl (C=O) groups is 2. The Morgan fingerprint density at radius 3 is 2.38 bits per heavy atom. The molecular weight excluding hydrogens is 208 g/mol. The maximum atomic E-state index is 12.0. The third-order valence-electron chi connectivity index (χ3n) is 4.93. The predicted molar refractivity (Wildman–Crippen MR) is 56.6 cm³/mol. The summed E-state index contributed by atoms with van der Waals surface area (Å²) >= 11 is 0. The minimum Gasteiger partial charge on any atom is -0.469 e. The minimum absolute atomic E-state index is 0.130. The van der Waals surface area contributed by atoms with Crippen LogP contribution in [0.5, 0.6) is 0 Å². The van der Waals surface area contributed by atoms with Gasteiger partial charge in [-0.25, -0.2) is 0 Å². The van der Waals surface area contributed by atoms with Crippen LogP contribution >= 0.6 is 0 Å². The van der Waals surface area contributed by atoms with Crippen LogP contribution in [0.2, 0.25) is 0 Å². The quantitative estimate of drug-likeness (QED) is 0.672. The second-order valence-corrected chi connectivity index (χ2v) is 5.58. The molecule has 0 aromatic rings. The first kappa shape index (κ1) is 11.4. The number of rotatable bonds is 2. The first-order chi connectivity index (χ1) is 7.29. The molecule has 0 N–H and O–H groups in total. The van der Waals surface area contributed by atoms with E-state index in [-0.39, 0.29) is 23.8 Å². The number of hydrogen-bond acceptors (Lipinski definition) is 4. The topological polar surface area (TPSA) is 52.6 Å². The highest BCUT2D eigenvalue weighted by Gasteiger charge is 2.73. The molecule has 1 aliphatic heterocycles. The highest BCUT2D eigenvalue weighted by atomic mass is 16.6. The highest BCUT2D eigenvalue weighted by molar-refractivity contribution is 5.87. The van der Waals surface area contributed by atoms with E-state index in [1.165, 1.54) is 7.11 Å². The monoisotopic (exact) mass is 226 g/mol. The summed E-state index contributed by atoms with van der Waals surface area (Å²) < 4.78 is 10.2. The summed E-state index contributed by atoms with van der Waals surface area (Å²) in [5.74, 6) is -0.576. The van der Waals surface area contributed by atoms with Crippen molar-refractivity contribution in [1.29, 1.82) is 0 Å². The minimum atomic E-state index is -0.686. The van der Waals surface area contributed by atoms with Crippen LogP contribution < -0.4 is 0 Å². The molecule has 1 saturated heterocycles. The molecule has 4 nitrogen and oxygen atoms in total. The number of ether oxygens (including phenoxy) is 2. The van der Waals surface area contributed by atoms with Crippen molar-refractivity contribution >= 4 is 11.9 Å². The van der Waals surface area contributed by atoms with E-state index in [0.29, 0.717) is 6.42 Å². The molecule has 1 saturated carbocycles. The predicted octanol–water partition coefficient (Wildman–Crippen LogP) is 1.67. The standard InChI is InChI=1S/C12H18O4/c1-10(2)11(3)5-6-12(10,9(14)16-11)7-8(13)15-4/h5-7H2,1-4H3/t11-,12-/m0/s1. The molecule has 4 heteroatoms. The Hall–Kier alpha value is -1.06. The van der Waals surface area contributed by atoms with Crippen molar-refractivity contribution in [3.63, 3.8) is 0 Å². The van der Waals surface area contributed by atoms with Crippen LogP contribution in [0.3, 0.4) is 0 Å². The lowest BCUT2D eigenvalue weighted by atomic mass is 9.64. The molecule has 2 aliphatic rings. The first-order valence-corrected chi connectivity index (χ1v) is 5.59. The molecule has 0 unspecified atom stereocenters. The second-order valence-electron chi connectivity index (χ2n) is 5.58. The van der Waals surface area contributed by atoms with Crippen molar-refractivity contribution < 1.29 is 19.1 Å². The van der Waals surface area contributed by atoms with Gasteiger partial charge in [0.1, 0.15) is 5.60 Å². The zero-order chi connectivity index (χ0) is 12.2. The van der Waals surface area contributed by atoms with E-state index < -0.39 is 11.0 Å². The van der Waals surface area contributed by atoms with Crippen molar-refractivity contribution in [2.45, 2.75) is 45.6 Å². The largest absolute Gasteiger partial charge is 0.469 e. The summed E-state index contributed by atoms with van der Waals surface area (Å²) in [4.78, 5) is 23.5. The lowest BCUT2D eigenvalue weighted by Gasteiger charge is -2.35. The molecule has 1 aliphatic carbocycles. The molecule has 0 aromatic carbocycles. The lowest BCUT2D eigenvalue weighted by Crippen LogP contribution is -2.41. The highest BCUT2D eigenvalue weighted by Crippen LogP contribution is 2.66. The van der Waals surface area contributed by atoms with Gasteiger partial charge in [0.05, 0.1) is 18.9 Å². The Labute approximate surface area is 95.3 Å². The van der Waals surface area contributed by atoms with Gasteiger partial charge in [-0.3, -0.25) is 9.59 Å². The average Bonchev–Trinajstić information content (AvgIpc) is 2.46. The molecule has 2 atom stereocenters. The third-order valence-corrected chi connectivity index (χ3v) is 4.93. The molecule has 90 valence electrons. The summed E-state index contributed by atoms with van der Waals surface area (Å²) in [5, 5.41) is 0. The maximum absolute atomic E-state index is 12.0. The normalized spacial score (nSPS) is 39.6. The molecule has 0 amide bonds. The van der Waals surface area contributed by atoms with E-state index in [4.69, 9.17) is 4.74 Å². The van der Waals surface area contributed by atoms with Crippen molar-refractivity contribution in [3.8, 4) is 0 Å². The molecule has 2 bridgehead atoms. The smallest absolute Gasteiger partial charge is 0.313 e. The Morgan fingerprint density at radius 1 is 1.38 bits per heavy atom. The van der Waals surface area contributed by atoms with Crippen LogP contribution in [0.25, 0.3) is 0 Å². The fraction of sp³-hybridized carbons (Fsp3) is 0.833. The molecule has 2 rings (SSSR count).